The summed E-state index contributed by atoms with van der Waals surface area (Å²) in [6.45, 7) is 0. The molecule has 0 atom stereocenters. The molecule has 0 saturated heterocycles. The molecule has 0 fully saturated rings. The minimum atomic E-state index is -4.51. The van der Waals surface area contributed by atoms with E-state index in [4.69, 9.17) is 4.74 Å². The number of rotatable bonds is 4. The fourth-order valence-corrected chi connectivity index (χ4v) is 4.10. The van der Waals surface area contributed by atoms with Gasteiger partial charge in [0.15, 0.2) is 0 Å². The van der Waals surface area contributed by atoms with Gasteiger partial charge in [-0.05, 0) is 42.5 Å². The second-order valence-electron chi connectivity index (χ2n) is 6.41. The Hall–Kier alpha value is -2.94. The molecule has 0 spiro atoms. The molecule has 0 radical (unpaired) electrons. The van der Waals surface area contributed by atoms with Crippen LogP contribution in [0.15, 0.2) is 48.5 Å². The lowest BCUT2D eigenvalue weighted by Crippen LogP contribution is -2.17. The van der Waals surface area contributed by atoms with Crippen LogP contribution in [0.25, 0.3) is 5.69 Å². The Morgan fingerprint density at radius 1 is 1.17 bits per heavy atom. The van der Waals surface area contributed by atoms with Gasteiger partial charge < -0.3 is 10.1 Å². The van der Waals surface area contributed by atoms with Crippen molar-refractivity contribution < 1.29 is 22.7 Å². The summed E-state index contributed by atoms with van der Waals surface area (Å²) in [6, 6.07) is 11.5. The standard InChI is InChI=1S/C20H16F3N3O2S/c1-28-15-7-5-14(6-8-15)26-18(16-10-29-11-17(16)25-26)24-19(27)12-3-2-4-13(9-12)20(21,22)23/h2-9H,10-11H2,1H3,(H,24,27). The van der Waals surface area contributed by atoms with E-state index >= 15 is 0 Å². The van der Waals surface area contributed by atoms with Crippen molar-refractivity contribution in [1.29, 1.82) is 0 Å². The highest BCUT2D eigenvalue weighted by Crippen LogP contribution is 2.36. The normalized spacial score (nSPS) is 13.2. The molecule has 1 aromatic heterocycles. The van der Waals surface area contributed by atoms with E-state index in [1.165, 1.54) is 12.1 Å². The number of hydrogen-bond donors (Lipinski definition) is 1. The van der Waals surface area contributed by atoms with Crippen molar-refractivity contribution in [2.45, 2.75) is 17.7 Å². The van der Waals surface area contributed by atoms with Crippen LogP contribution < -0.4 is 10.1 Å². The number of fused-ring (bicyclic) bond motifs is 1. The summed E-state index contributed by atoms with van der Waals surface area (Å²) in [6.07, 6.45) is -4.51. The molecule has 0 bridgehead atoms. The average Bonchev–Trinajstić information content (AvgIpc) is 3.30. The first-order valence-corrected chi connectivity index (χ1v) is 9.84. The number of carbonyl (C=O) groups excluding carboxylic acids is 1. The molecule has 0 saturated carbocycles. The number of nitrogens with one attached hydrogen (secondary N) is 1. The average molecular weight is 419 g/mol. The van der Waals surface area contributed by atoms with Gasteiger partial charge in [0, 0.05) is 22.6 Å². The summed E-state index contributed by atoms with van der Waals surface area (Å²) in [5.41, 5.74) is 1.51. The maximum atomic E-state index is 13.0. The van der Waals surface area contributed by atoms with Gasteiger partial charge >= 0.3 is 6.18 Å². The van der Waals surface area contributed by atoms with Crippen LogP contribution in [0.2, 0.25) is 0 Å². The second kappa shape index (κ2) is 7.47. The fraction of sp³-hybridized carbons (Fsp3) is 0.200. The third kappa shape index (κ3) is 3.82. The zero-order valence-corrected chi connectivity index (χ0v) is 16.1. The van der Waals surface area contributed by atoms with Gasteiger partial charge in [-0.2, -0.15) is 30.0 Å². The van der Waals surface area contributed by atoms with Crippen molar-refractivity contribution in [3.05, 3.63) is 70.9 Å². The number of methoxy groups -OCH3 is 1. The van der Waals surface area contributed by atoms with Crippen molar-refractivity contribution in [3.63, 3.8) is 0 Å². The van der Waals surface area contributed by atoms with E-state index in [0.29, 0.717) is 28.8 Å². The van der Waals surface area contributed by atoms with Gasteiger partial charge in [-0.15, -0.1) is 0 Å². The Balaban J connectivity index is 1.69. The zero-order chi connectivity index (χ0) is 20.6. The second-order valence-corrected chi connectivity index (χ2v) is 7.39. The third-order valence-electron chi connectivity index (χ3n) is 4.55. The molecule has 1 amide bonds. The van der Waals surface area contributed by atoms with Gasteiger partial charge in [0.1, 0.15) is 11.6 Å². The molecule has 150 valence electrons. The van der Waals surface area contributed by atoms with Crippen molar-refractivity contribution in [3.8, 4) is 11.4 Å². The van der Waals surface area contributed by atoms with Gasteiger partial charge in [0.2, 0.25) is 0 Å². The molecule has 1 aliphatic rings. The number of halogens is 3. The summed E-state index contributed by atoms with van der Waals surface area (Å²) in [5.74, 6) is 1.91. The Labute approximate surface area is 168 Å². The fourth-order valence-electron chi connectivity index (χ4n) is 3.07. The number of amides is 1. The molecule has 4 rings (SSSR count). The number of aromatic nitrogens is 2. The van der Waals surface area contributed by atoms with Gasteiger partial charge in [-0.1, -0.05) is 6.07 Å². The maximum absolute atomic E-state index is 13.0. The monoisotopic (exact) mass is 419 g/mol. The highest BCUT2D eigenvalue weighted by molar-refractivity contribution is 7.98. The highest BCUT2D eigenvalue weighted by Gasteiger charge is 2.31. The molecular weight excluding hydrogens is 403 g/mol. The summed E-state index contributed by atoms with van der Waals surface area (Å²) < 4.78 is 45.7. The van der Waals surface area contributed by atoms with Gasteiger partial charge in [0.05, 0.1) is 24.1 Å². The van der Waals surface area contributed by atoms with E-state index in [1.807, 2.05) is 0 Å². The Bertz CT molecular complexity index is 1060. The molecule has 0 unspecified atom stereocenters. The minimum Gasteiger partial charge on any atom is -0.497 e. The first-order chi connectivity index (χ1) is 13.9. The molecule has 0 aliphatic carbocycles. The zero-order valence-electron chi connectivity index (χ0n) is 15.3. The van der Waals surface area contributed by atoms with Crippen molar-refractivity contribution in [2.24, 2.45) is 0 Å². The molecule has 2 heterocycles. The number of hydrogen-bond acceptors (Lipinski definition) is 4. The molecule has 3 aromatic rings. The lowest BCUT2D eigenvalue weighted by Gasteiger charge is -2.12. The van der Waals surface area contributed by atoms with E-state index < -0.39 is 17.6 Å². The first kappa shape index (κ1) is 19.4. The SMILES string of the molecule is COc1ccc(-n2nc3c(c2NC(=O)c2cccc(C(F)(F)F)c2)CSC3)cc1. The van der Waals surface area contributed by atoms with E-state index in [2.05, 4.69) is 10.4 Å². The van der Waals surface area contributed by atoms with Crippen LogP contribution in [0.4, 0.5) is 19.0 Å². The molecular formula is C20H16F3N3O2S. The van der Waals surface area contributed by atoms with Gasteiger partial charge in [-0.25, -0.2) is 4.68 Å². The Morgan fingerprint density at radius 3 is 2.62 bits per heavy atom. The number of thioether (sulfide) groups is 1. The van der Waals surface area contributed by atoms with E-state index in [-0.39, 0.29) is 5.56 Å². The molecule has 5 nitrogen and oxygen atoms in total. The van der Waals surface area contributed by atoms with Crippen LogP contribution in [-0.4, -0.2) is 22.8 Å². The van der Waals surface area contributed by atoms with E-state index in [9.17, 15) is 18.0 Å². The van der Waals surface area contributed by atoms with Gasteiger partial charge in [-0.3, -0.25) is 4.79 Å². The summed E-state index contributed by atoms with van der Waals surface area (Å²) in [4.78, 5) is 12.7. The van der Waals surface area contributed by atoms with Crippen LogP contribution in [-0.2, 0) is 17.7 Å². The summed E-state index contributed by atoms with van der Waals surface area (Å²) in [7, 11) is 1.56. The van der Waals surface area contributed by atoms with Crippen LogP contribution in [0.1, 0.15) is 27.2 Å². The van der Waals surface area contributed by atoms with Crippen LogP contribution in [0, 0.1) is 0 Å². The van der Waals surface area contributed by atoms with Crippen molar-refractivity contribution in [2.75, 3.05) is 12.4 Å². The van der Waals surface area contributed by atoms with Crippen molar-refractivity contribution in [1.82, 2.24) is 9.78 Å². The number of ether oxygens (including phenoxy) is 1. The van der Waals surface area contributed by atoms with Crippen LogP contribution in [0.5, 0.6) is 5.75 Å². The summed E-state index contributed by atoms with van der Waals surface area (Å²) in [5, 5.41) is 7.34. The number of benzene rings is 2. The maximum Gasteiger partial charge on any atom is 0.416 e. The van der Waals surface area contributed by atoms with Crippen LogP contribution in [0.3, 0.4) is 0 Å². The third-order valence-corrected chi connectivity index (χ3v) is 5.52. The Kier molecular flexibility index (Phi) is 4.99. The first-order valence-electron chi connectivity index (χ1n) is 8.68. The lowest BCUT2D eigenvalue weighted by atomic mass is 10.1. The number of carbonyl (C=O) groups is 1. The van der Waals surface area contributed by atoms with E-state index in [0.717, 1.165) is 23.4 Å². The van der Waals surface area contributed by atoms with E-state index in [1.54, 1.807) is 47.8 Å². The summed E-state index contributed by atoms with van der Waals surface area (Å²) >= 11 is 1.67. The van der Waals surface area contributed by atoms with Gasteiger partial charge in [0.25, 0.3) is 5.91 Å². The predicted molar refractivity (Wildman–Crippen MR) is 105 cm³/mol. The molecule has 29 heavy (non-hydrogen) atoms. The molecule has 9 heteroatoms. The number of alkyl halides is 3. The van der Waals surface area contributed by atoms with Crippen molar-refractivity contribution >= 4 is 23.5 Å². The molecule has 1 aliphatic heterocycles. The highest BCUT2D eigenvalue weighted by atomic mass is 32.2. The number of nitrogens with zero attached hydrogens (tertiary/aromatic N) is 2. The number of anilines is 1. The quantitative estimate of drug-likeness (QED) is 0.654. The van der Waals surface area contributed by atoms with Crippen LogP contribution >= 0.6 is 11.8 Å². The smallest absolute Gasteiger partial charge is 0.416 e. The Morgan fingerprint density at radius 2 is 1.93 bits per heavy atom. The topological polar surface area (TPSA) is 56.1 Å². The molecule has 2 aromatic carbocycles. The minimum absolute atomic E-state index is 0.0679. The lowest BCUT2D eigenvalue weighted by molar-refractivity contribution is -0.137. The largest absolute Gasteiger partial charge is 0.497 e. The predicted octanol–water partition coefficient (Wildman–Crippen LogP) is 4.90. The molecule has 1 N–H and O–H groups in total.